The molecule has 0 saturated carbocycles. The number of para-hydroxylation sites is 1. The molecule has 5 aliphatic carbocycles. The van der Waals surface area contributed by atoms with Crippen molar-refractivity contribution < 1.29 is 4.42 Å². The number of rotatable bonds is 9. The molecule has 1 heterocycles. The predicted octanol–water partition coefficient (Wildman–Crippen LogP) is 16.3. The summed E-state index contributed by atoms with van der Waals surface area (Å²) < 4.78 is 6.29. The van der Waals surface area contributed by atoms with Gasteiger partial charge in [-0.15, -0.1) is 0 Å². The van der Waals surface area contributed by atoms with Crippen LogP contribution in [-0.2, 0) is 0 Å². The van der Waals surface area contributed by atoms with Gasteiger partial charge in [0.15, 0.2) is 0 Å². The van der Waals surface area contributed by atoms with Gasteiger partial charge in [0.05, 0.1) is 6.04 Å². The molecule has 4 aromatic carbocycles. The second-order valence-electron chi connectivity index (χ2n) is 18.0. The van der Waals surface area contributed by atoms with Crippen molar-refractivity contribution in [2.75, 3.05) is 0 Å². The molecule has 5 aromatic rings. The Labute approximate surface area is 362 Å². The molecule has 2 heteroatoms. The number of allylic oxidation sites excluding steroid dienone is 18. The van der Waals surface area contributed by atoms with Gasteiger partial charge in [0, 0.05) is 33.5 Å². The summed E-state index contributed by atoms with van der Waals surface area (Å²) in [5.41, 5.74) is 13.8. The molecule has 0 fully saturated rings. The Kier molecular flexibility index (Phi) is 10.7. The number of nitrogens with zero attached hydrogens (tertiary/aromatic N) is 1. The Morgan fingerprint density at radius 3 is 2.41 bits per heavy atom. The van der Waals surface area contributed by atoms with E-state index in [0.717, 1.165) is 43.3 Å². The van der Waals surface area contributed by atoms with Crippen molar-refractivity contribution in [1.29, 1.82) is 0 Å². The molecule has 0 bridgehead atoms. The SMILES string of the molecule is C/C=C\C=C/C1(C)C=CC(N(C2=CCC(C3=CCCCC3C)C=C2)C2C=C(C3=CCCC=C3)C(c3cccc(-c4ccc5ccc6oc7ccccc7c6c5c4)c3)=CC2)=CC1. The van der Waals surface area contributed by atoms with Gasteiger partial charge in [0.1, 0.15) is 11.2 Å². The predicted molar refractivity (Wildman–Crippen MR) is 260 cm³/mol. The van der Waals surface area contributed by atoms with Crippen LogP contribution in [0.3, 0.4) is 0 Å². The highest BCUT2D eigenvalue weighted by Crippen LogP contribution is 2.43. The second-order valence-corrected chi connectivity index (χ2v) is 18.0. The van der Waals surface area contributed by atoms with Gasteiger partial charge < -0.3 is 9.32 Å². The van der Waals surface area contributed by atoms with Gasteiger partial charge in [0.25, 0.3) is 0 Å². The lowest BCUT2D eigenvalue weighted by molar-refractivity contribution is 0.368. The molecule has 10 rings (SSSR count). The molecule has 61 heavy (non-hydrogen) atoms. The van der Waals surface area contributed by atoms with Crippen LogP contribution in [0.15, 0.2) is 209 Å². The van der Waals surface area contributed by atoms with Crippen LogP contribution in [0.25, 0.3) is 49.4 Å². The first-order valence-electron chi connectivity index (χ1n) is 22.8. The van der Waals surface area contributed by atoms with Gasteiger partial charge in [-0.2, -0.15) is 0 Å². The molecule has 0 aliphatic heterocycles. The quantitative estimate of drug-likeness (QED) is 0.109. The lowest BCUT2D eigenvalue weighted by Gasteiger charge is -2.39. The van der Waals surface area contributed by atoms with Crippen LogP contribution in [-0.4, -0.2) is 10.9 Å². The highest BCUT2D eigenvalue weighted by atomic mass is 16.3. The summed E-state index contributed by atoms with van der Waals surface area (Å²) in [5.74, 6) is 1.17. The fraction of sp³-hybridized carbons (Fsp3) is 0.254. The lowest BCUT2D eigenvalue weighted by atomic mass is 9.78. The normalized spacial score (nSPS) is 24.3. The molecule has 1 aromatic heterocycles. The van der Waals surface area contributed by atoms with Crippen molar-refractivity contribution >= 4 is 38.3 Å². The van der Waals surface area contributed by atoms with Crippen molar-refractivity contribution in [1.82, 2.24) is 4.90 Å². The smallest absolute Gasteiger partial charge is 0.136 e. The van der Waals surface area contributed by atoms with Gasteiger partial charge in [-0.25, -0.2) is 0 Å². The van der Waals surface area contributed by atoms with Crippen LogP contribution >= 0.6 is 0 Å². The summed E-state index contributed by atoms with van der Waals surface area (Å²) in [6, 6.07) is 29.0. The van der Waals surface area contributed by atoms with Crippen molar-refractivity contribution in [2.45, 2.75) is 78.2 Å². The van der Waals surface area contributed by atoms with Crippen LogP contribution in [0.1, 0.15) is 77.7 Å². The molecule has 304 valence electrons. The maximum atomic E-state index is 6.29. The largest absolute Gasteiger partial charge is 0.456 e. The molecule has 2 nitrogen and oxygen atoms in total. The van der Waals surface area contributed by atoms with E-state index in [0.29, 0.717) is 11.8 Å². The van der Waals surface area contributed by atoms with E-state index in [1.54, 1.807) is 5.57 Å². The van der Waals surface area contributed by atoms with E-state index in [4.69, 9.17) is 4.42 Å². The summed E-state index contributed by atoms with van der Waals surface area (Å²) in [5, 5.41) is 4.81. The summed E-state index contributed by atoms with van der Waals surface area (Å²) in [4.78, 5) is 2.64. The first-order chi connectivity index (χ1) is 29.9. The molecule has 0 saturated heterocycles. The maximum Gasteiger partial charge on any atom is 0.136 e. The summed E-state index contributed by atoms with van der Waals surface area (Å²) in [6.07, 6.45) is 47.3. The van der Waals surface area contributed by atoms with E-state index < -0.39 is 0 Å². The third-order valence-corrected chi connectivity index (χ3v) is 13.7. The third kappa shape index (κ3) is 7.74. The number of furan rings is 1. The molecule has 0 spiro atoms. The topological polar surface area (TPSA) is 16.4 Å². The lowest BCUT2D eigenvalue weighted by Crippen LogP contribution is -2.35. The Bertz CT molecular complexity index is 2870. The van der Waals surface area contributed by atoms with Crippen LogP contribution in [0.2, 0.25) is 0 Å². The van der Waals surface area contributed by atoms with Gasteiger partial charge in [0.2, 0.25) is 0 Å². The summed E-state index contributed by atoms with van der Waals surface area (Å²) >= 11 is 0. The first kappa shape index (κ1) is 39.0. The standard InChI is InChI=1S/C59H57NO/c1-4-5-13-35-59(3)36-33-49(34-37-59)60(48-28-25-43(26-29-48)51-20-10-9-15-41(51)2)50-30-31-52(54(40-50)42-16-7-6-8-17-42)47-19-14-18-45(38-47)46-24-23-44-27-32-57-58(55(44)39-46)53-21-11-12-22-56(53)61-57/h4-5,7,11-14,16-25,27-29,31-36,38-41,43,50H,6,8-10,15,26,30,37H2,1-3H3/b5-4-,35-13-. The van der Waals surface area contributed by atoms with Crippen molar-refractivity contribution in [3.05, 3.63) is 210 Å². The number of hydrogen-bond donors (Lipinski definition) is 0. The number of benzene rings is 4. The summed E-state index contributed by atoms with van der Waals surface area (Å²) in [7, 11) is 0. The van der Waals surface area contributed by atoms with Crippen molar-refractivity contribution in [2.24, 2.45) is 17.3 Å². The fourth-order valence-electron chi connectivity index (χ4n) is 10.4. The zero-order valence-corrected chi connectivity index (χ0v) is 36.0. The minimum atomic E-state index is -0.00708. The average molecular weight is 796 g/mol. The fourth-order valence-corrected chi connectivity index (χ4v) is 10.4. The number of fused-ring (bicyclic) bond motifs is 5. The van der Waals surface area contributed by atoms with Gasteiger partial charge in [-0.05, 0) is 145 Å². The van der Waals surface area contributed by atoms with E-state index in [-0.39, 0.29) is 11.5 Å². The minimum absolute atomic E-state index is 0.00708. The zero-order chi connectivity index (χ0) is 41.3. The maximum absolute atomic E-state index is 6.29. The van der Waals surface area contributed by atoms with Crippen LogP contribution in [0, 0.1) is 17.3 Å². The van der Waals surface area contributed by atoms with Crippen LogP contribution in [0.5, 0.6) is 0 Å². The zero-order valence-electron chi connectivity index (χ0n) is 36.0. The molecule has 5 aliphatic rings. The summed E-state index contributed by atoms with van der Waals surface area (Å²) in [6.45, 7) is 6.84. The van der Waals surface area contributed by atoms with E-state index in [1.165, 1.54) is 85.6 Å². The minimum Gasteiger partial charge on any atom is -0.456 e. The third-order valence-electron chi connectivity index (χ3n) is 13.7. The van der Waals surface area contributed by atoms with Gasteiger partial charge in [-0.3, -0.25) is 0 Å². The average Bonchev–Trinajstić information content (AvgIpc) is 3.70. The highest BCUT2D eigenvalue weighted by molar-refractivity contribution is 6.19. The highest BCUT2D eigenvalue weighted by Gasteiger charge is 2.31. The van der Waals surface area contributed by atoms with E-state index in [9.17, 15) is 0 Å². The monoisotopic (exact) mass is 795 g/mol. The Morgan fingerprint density at radius 1 is 0.721 bits per heavy atom. The van der Waals surface area contributed by atoms with Crippen LogP contribution in [0.4, 0.5) is 0 Å². The molecular formula is C59H57NO. The van der Waals surface area contributed by atoms with Gasteiger partial charge in [-0.1, -0.05) is 159 Å². The molecule has 0 amide bonds. The molecule has 4 atom stereocenters. The van der Waals surface area contributed by atoms with E-state index >= 15 is 0 Å². The Hall–Kier alpha value is -6.12. The first-order valence-corrected chi connectivity index (χ1v) is 22.8. The molecule has 4 unspecified atom stereocenters. The molecule has 0 radical (unpaired) electrons. The van der Waals surface area contributed by atoms with Crippen molar-refractivity contribution in [3.8, 4) is 11.1 Å². The van der Waals surface area contributed by atoms with Gasteiger partial charge >= 0.3 is 0 Å². The van der Waals surface area contributed by atoms with E-state index in [1.807, 2.05) is 6.07 Å². The molecule has 0 N–H and O–H groups in total. The Balaban J connectivity index is 1.01. The molecular weight excluding hydrogens is 739 g/mol. The van der Waals surface area contributed by atoms with Crippen molar-refractivity contribution in [3.63, 3.8) is 0 Å². The Morgan fingerprint density at radius 2 is 1.59 bits per heavy atom. The van der Waals surface area contributed by atoms with E-state index in [2.05, 4.69) is 196 Å². The van der Waals surface area contributed by atoms with Crippen LogP contribution < -0.4 is 0 Å². The number of hydrogen-bond acceptors (Lipinski definition) is 2. The second kappa shape index (κ2) is 16.7.